The average molecular weight is 764 g/mol. The molecule has 0 radical (unpaired) electrons. The smallest absolute Gasteiger partial charge is 0.101 e. The Kier molecular flexibility index (Phi) is 6.73. The monoisotopic (exact) mass is 763 g/mol. The van der Waals surface area contributed by atoms with Gasteiger partial charge in [-0.2, -0.15) is 5.26 Å². The Hall–Kier alpha value is -8.33. The van der Waals surface area contributed by atoms with Crippen LogP contribution in [0.2, 0.25) is 0 Å². The molecule has 13 aromatic rings. The minimum atomic E-state index is 0.653. The summed E-state index contributed by atoms with van der Waals surface area (Å²) in [7, 11) is 0. The number of rotatable bonds is 4. The maximum absolute atomic E-state index is 10.8. The molecule has 5 heteroatoms. The predicted octanol–water partition coefficient (Wildman–Crippen LogP) is 13.9. The molecule has 0 saturated heterocycles. The molecule has 0 atom stereocenters. The zero-order valence-electron chi connectivity index (χ0n) is 32.3. The Morgan fingerprint density at radius 2 is 0.733 bits per heavy atom. The summed E-state index contributed by atoms with van der Waals surface area (Å²) in [6.45, 7) is 0. The van der Waals surface area contributed by atoms with Crippen LogP contribution in [0, 0.1) is 11.3 Å². The van der Waals surface area contributed by atoms with Crippen LogP contribution in [0.3, 0.4) is 0 Å². The molecule has 0 N–H and O–H groups in total. The van der Waals surface area contributed by atoms with Crippen LogP contribution in [0.5, 0.6) is 0 Å². The fraction of sp³-hybridized carbons (Fsp3) is 0. The normalized spacial score (nSPS) is 12.0. The summed E-state index contributed by atoms with van der Waals surface area (Å²) in [4.78, 5) is 0. The van der Waals surface area contributed by atoms with Gasteiger partial charge in [-0.25, -0.2) is 0 Å². The molecule has 60 heavy (non-hydrogen) atoms. The number of aromatic nitrogens is 4. The highest BCUT2D eigenvalue weighted by Crippen LogP contribution is 2.46. The molecular formula is C55H33N5. The van der Waals surface area contributed by atoms with Crippen LogP contribution in [0.1, 0.15) is 5.56 Å². The summed E-state index contributed by atoms with van der Waals surface area (Å²) in [6, 6.07) is 74.1. The van der Waals surface area contributed by atoms with Gasteiger partial charge in [0.15, 0.2) is 0 Å². The van der Waals surface area contributed by atoms with Crippen LogP contribution >= 0.6 is 0 Å². The number of fused-ring (bicyclic) bond motifs is 14. The fourth-order valence-electron chi connectivity index (χ4n) is 10.2. The van der Waals surface area contributed by atoms with E-state index >= 15 is 0 Å². The van der Waals surface area contributed by atoms with E-state index in [1.54, 1.807) is 0 Å². The minimum absolute atomic E-state index is 0.653. The molecule has 5 nitrogen and oxygen atoms in total. The summed E-state index contributed by atoms with van der Waals surface area (Å²) in [6.07, 6.45) is 0. The molecule has 13 rings (SSSR count). The molecule has 0 unspecified atom stereocenters. The summed E-state index contributed by atoms with van der Waals surface area (Å²) in [5.74, 6) is 0. The van der Waals surface area contributed by atoms with E-state index in [-0.39, 0.29) is 0 Å². The van der Waals surface area contributed by atoms with Crippen LogP contribution in [-0.4, -0.2) is 18.3 Å². The molecular weight excluding hydrogens is 731 g/mol. The van der Waals surface area contributed by atoms with Crippen molar-refractivity contribution in [3.05, 3.63) is 206 Å². The van der Waals surface area contributed by atoms with Crippen molar-refractivity contribution in [1.82, 2.24) is 18.3 Å². The van der Waals surface area contributed by atoms with E-state index in [1.807, 2.05) is 6.07 Å². The van der Waals surface area contributed by atoms with Gasteiger partial charge in [-0.05, 0) is 84.9 Å². The largest absolute Gasteiger partial charge is 0.309 e. The molecule has 0 aliphatic rings. The first-order valence-corrected chi connectivity index (χ1v) is 20.3. The molecule has 278 valence electrons. The molecule has 0 spiro atoms. The summed E-state index contributed by atoms with van der Waals surface area (Å²) in [5, 5.41) is 20.0. The van der Waals surface area contributed by atoms with Crippen molar-refractivity contribution in [3.63, 3.8) is 0 Å². The molecule has 0 bridgehead atoms. The van der Waals surface area contributed by atoms with E-state index in [4.69, 9.17) is 0 Å². The lowest BCUT2D eigenvalue weighted by atomic mass is 10.0. The van der Waals surface area contributed by atoms with Crippen molar-refractivity contribution in [2.45, 2.75) is 0 Å². The van der Waals surface area contributed by atoms with Crippen LogP contribution in [0.15, 0.2) is 200 Å². The van der Waals surface area contributed by atoms with Crippen molar-refractivity contribution in [2.75, 3.05) is 0 Å². The van der Waals surface area contributed by atoms with Crippen LogP contribution in [0.25, 0.3) is 110 Å². The number of nitrogens with zero attached hydrogens (tertiary/aromatic N) is 5. The Morgan fingerprint density at radius 1 is 0.283 bits per heavy atom. The van der Waals surface area contributed by atoms with Crippen LogP contribution in [0.4, 0.5) is 0 Å². The quantitative estimate of drug-likeness (QED) is 0.176. The second-order valence-corrected chi connectivity index (χ2v) is 15.6. The first-order chi connectivity index (χ1) is 29.8. The highest BCUT2D eigenvalue weighted by Gasteiger charge is 2.25. The zero-order valence-corrected chi connectivity index (χ0v) is 32.3. The standard InChI is InChI=1S/C55H33N5/c56-34-35-32-45-40-22-10-13-25-46(40)60(55(45)52-43-24-12-15-27-48(43)58(53(35)52)37-18-6-2-7-19-37)39-28-30-49-44(33-39)41-29-31-50-51(54(41)59(49)38-20-8-3-9-21-38)42-23-11-14-26-47(42)57(50)36-16-4-1-5-17-36/h1-33H. The van der Waals surface area contributed by atoms with E-state index in [0.717, 1.165) is 71.9 Å². The van der Waals surface area contributed by atoms with Crippen LogP contribution in [-0.2, 0) is 0 Å². The molecule has 0 fully saturated rings. The Labute approximate surface area is 344 Å². The third-order valence-corrected chi connectivity index (χ3v) is 12.5. The summed E-state index contributed by atoms with van der Waals surface area (Å²) < 4.78 is 9.54. The van der Waals surface area contributed by atoms with Crippen molar-refractivity contribution in [2.24, 2.45) is 0 Å². The topological polar surface area (TPSA) is 43.5 Å². The van der Waals surface area contributed by atoms with E-state index in [9.17, 15) is 5.26 Å². The maximum atomic E-state index is 10.8. The maximum Gasteiger partial charge on any atom is 0.101 e. The van der Waals surface area contributed by atoms with Gasteiger partial charge in [0.2, 0.25) is 0 Å². The number of hydrogen-bond acceptors (Lipinski definition) is 1. The average Bonchev–Trinajstić information content (AvgIpc) is 4.04. The Morgan fingerprint density at radius 3 is 1.37 bits per heavy atom. The van der Waals surface area contributed by atoms with Crippen molar-refractivity contribution in [3.8, 4) is 28.8 Å². The SMILES string of the molecule is N#Cc1cc2c3ccccc3n(-c3ccc4c(c3)c3ccc5c(c6ccccc6n5-c5ccccc5)c3n4-c3ccccc3)c2c2c3ccccc3n(-c3ccccc3)c12. The summed E-state index contributed by atoms with van der Waals surface area (Å²) in [5.41, 5.74) is 13.8. The van der Waals surface area contributed by atoms with Gasteiger partial charge in [-0.3, -0.25) is 0 Å². The van der Waals surface area contributed by atoms with Gasteiger partial charge in [0.25, 0.3) is 0 Å². The molecule has 0 aliphatic heterocycles. The second-order valence-electron chi connectivity index (χ2n) is 15.6. The first-order valence-electron chi connectivity index (χ1n) is 20.3. The highest BCUT2D eigenvalue weighted by atomic mass is 15.0. The Balaban J connectivity index is 1.19. The van der Waals surface area contributed by atoms with E-state index < -0.39 is 0 Å². The highest BCUT2D eigenvalue weighted by molar-refractivity contribution is 6.29. The lowest BCUT2D eigenvalue weighted by Crippen LogP contribution is -1.98. The Bertz CT molecular complexity index is 3930. The first kappa shape index (κ1) is 32.7. The van der Waals surface area contributed by atoms with Gasteiger partial charge < -0.3 is 18.3 Å². The fourth-order valence-corrected chi connectivity index (χ4v) is 10.2. The number of para-hydroxylation sites is 6. The third kappa shape index (κ3) is 4.34. The number of nitriles is 1. The summed E-state index contributed by atoms with van der Waals surface area (Å²) >= 11 is 0. The van der Waals surface area contributed by atoms with Crippen molar-refractivity contribution >= 4 is 87.2 Å². The molecule has 0 saturated carbocycles. The van der Waals surface area contributed by atoms with E-state index in [2.05, 4.69) is 218 Å². The molecule has 9 aromatic carbocycles. The minimum Gasteiger partial charge on any atom is -0.309 e. The van der Waals surface area contributed by atoms with Gasteiger partial charge >= 0.3 is 0 Å². The molecule has 4 heterocycles. The van der Waals surface area contributed by atoms with E-state index in [0.29, 0.717) is 5.56 Å². The lowest BCUT2D eigenvalue weighted by Gasteiger charge is -2.12. The van der Waals surface area contributed by atoms with Gasteiger partial charge in [-0.1, -0.05) is 115 Å². The molecule has 0 aliphatic carbocycles. The van der Waals surface area contributed by atoms with Crippen molar-refractivity contribution < 1.29 is 0 Å². The predicted molar refractivity (Wildman–Crippen MR) is 249 cm³/mol. The van der Waals surface area contributed by atoms with Crippen molar-refractivity contribution in [1.29, 1.82) is 5.26 Å². The number of benzene rings is 9. The molecule has 0 amide bonds. The van der Waals surface area contributed by atoms with Gasteiger partial charge in [0.1, 0.15) is 6.07 Å². The second kappa shape index (κ2) is 12.3. The molecule has 4 aromatic heterocycles. The third-order valence-electron chi connectivity index (χ3n) is 12.5. The zero-order chi connectivity index (χ0) is 39.5. The van der Waals surface area contributed by atoms with Gasteiger partial charge in [0, 0.05) is 65.8 Å². The van der Waals surface area contributed by atoms with Gasteiger partial charge in [0.05, 0.1) is 49.7 Å². The van der Waals surface area contributed by atoms with E-state index in [1.165, 1.54) is 38.1 Å². The van der Waals surface area contributed by atoms with Gasteiger partial charge in [-0.15, -0.1) is 0 Å². The van der Waals surface area contributed by atoms with Crippen LogP contribution < -0.4 is 0 Å². The lowest BCUT2D eigenvalue weighted by molar-refractivity contribution is 1.16. The number of hydrogen-bond donors (Lipinski definition) is 0.